The van der Waals surface area contributed by atoms with Crippen molar-refractivity contribution in [2.45, 2.75) is 13.3 Å². The van der Waals surface area contributed by atoms with Crippen molar-refractivity contribution in [2.75, 3.05) is 6.54 Å². The molecule has 5 heteroatoms. The largest absolute Gasteiger partial charge is 0.444 e. The van der Waals surface area contributed by atoms with Gasteiger partial charge in [-0.2, -0.15) is 0 Å². The number of aryl methyl sites for hydroxylation is 1. The van der Waals surface area contributed by atoms with Crippen LogP contribution >= 0.6 is 0 Å². The van der Waals surface area contributed by atoms with Crippen molar-refractivity contribution >= 4 is 16.7 Å². The zero-order valence-electron chi connectivity index (χ0n) is 15.0. The SMILES string of the molecule is Cc1ccc(-c2nc(CCNC(=O)c3nccc4ccccc34)co2)cc1. The van der Waals surface area contributed by atoms with Crippen molar-refractivity contribution in [1.29, 1.82) is 0 Å². The van der Waals surface area contributed by atoms with Gasteiger partial charge in [0, 0.05) is 30.1 Å². The van der Waals surface area contributed by atoms with E-state index in [4.69, 9.17) is 4.42 Å². The van der Waals surface area contributed by atoms with Gasteiger partial charge >= 0.3 is 0 Å². The first-order chi connectivity index (χ1) is 13.2. The van der Waals surface area contributed by atoms with Gasteiger partial charge in [-0.3, -0.25) is 9.78 Å². The van der Waals surface area contributed by atoms with E-state index in [1.165, 1.54) is 5.56 Å². The van der Waals surface area contributed by atoms with Crippen LogP contribution in [0.4, 0.5) is 0 Å². The summed E-state index contributed by atoms with van der Waals surface area (Å²) in [7, 11) is 0. The average molecular weight is 357 g/mol. The molecule has 134 valence electrons. The van der Waals surface area contributed by atoms with Crippen molar-refractivity contribution in [1.82, 2.24) is 15.3 Å². The molecule has 1 amide bonds. The van der Waals surface area contributed by atoms with Crippen LogP contribution in [0.2, 0.25) is 0 Å². The predicted molar refractivity (Wildman–Crippen MR) is 104 cm³/mol. The van der Waals surface area contributed by atoms with Crippen LogP contribution in [-0.2, 0) is 6.42 Å². The minimum atomic E-state index is -0.186. The standard InChI is InChI=1S/C22H19N3O2/c1-15-6-8-17(9-7-15)22-25-18(14-27-22)11-13-24-21(26)20-19-5-3-2-4-16(19)10-12-23-20/h2-10,12,14H,11,13H2,1H3,(H,24,26). The Morgan fingerprint density at radius 1 is 1.07 bits per heavy atom. The molecular weight excluding hydrogens is 338 g/mol. The fourth-order valence-electron chi connectivity index (χ4n) is 2.94. The first-order valence-electron chi connectivity index (χ1n) is 8.84. The number of benzene rings is 2. The highest BCUT2D eigenvalue weighted by atomic mass is 16.3. The number of fused-ring (bicyclic) bond motifs is 1. The highest BCUT2D eigenvalue weighted by Crippen LogP contribution is 2.19. The lowest BCUT2D eigenvalue weighted by atomic mass is 10.1. The summed E-state index contributed by atoms with van der Waals surface area (Å²) in [6.45, 7) is 2.50. The second kappa shape index (κ2) is 7.41. The quantitative estimate of drug-likeness (QED) is 0.582. The molecule has 0 unspecified atom stereocenters. The molecule has 0 radical (unpaired) electrons. The number of nitrogens with zero attached hydrogens (tertiary/aromatic N) is 2. The number of rotatable bonds is 5. The molecule has 1 N–H and O–H groups in total. The molecule has 0 atom stereocenters. The van der Waals surface area contributed by atoms with Gasteiger partial charge in [-0.25, -0.2) is 4.98 Å². The number of oxazole rings is 1. The molecule has 0 aliphatic carbocycles. The third kappa shape index (κ3) is 3.72. The molecule has 0 aliphatic heterocycles. The van der Waals surface area contributed by atoms with E-state index >= 15 is 0 Å². The molecule has 0 saturated carbocycles. The van der Waals surface area contributed by atoms with Gasteiger partial charge in [0.25, 0.3) is 5.91 Å². The summed E-state index contributed by atoms with van der Waals surface area (Å²) in [5, 5.41) is 4.76. The Hall–Kier alpha value is -3.47. The van der Waals surface area contributed by atoms with E-state index in [2.05, 4.69) is 15.3 Å². The Bertz CT molecular complexity index is 1080. The van der Waals surface area contributed by atoms with Gasteiger partial charge < -0.3 is 9.73 Å². The van der Waals surface area contributed by atoms with Crippen LogP contribution in [0.1, 0.15) is 21.7 Å². The molecule has 2 heterocycles. The molecule has 2 aromatic heterocycles. The van der Waals surface area contributed by atoms with Gasteiger partial charge in [-0.15, -0.1) is 0 Å². The van der Waals surface area contributed by atoms with E-state index in [9.17, 15) is 4.79 Å². The predicted octanol–water partition coefficient (Wildman–Crippen LogP) is 4.17. The van der Waals surface area contributed by atoms with Gasteiger partial charge in [-0.05, 0) is 30.5 Å². The molecule has 0 saturated heterocycles. The Morgan fingerprint density at radius 3 is 2.74 bits per heavy atom. The lowest BCUT2D eigenvalue weighted by Crippen LogP contribution is -2.26. The van der Waals surface area contributed by atoms with E-state index in [0.717, 1.165) is 22.0 Å². The summed E-state index contributed by atoms with van der Waals surface area (Å²) in [6, 6.07) is 17.6. The van der Waals surface area contributed by atoms with E-state index in [0.29, 0.717) is 24.6 Å². The Labute approximate surface area is 157 Å². The smallest absolute Gasteiger partial charge is 0.270 e. The molecule has 2 aromatic carbocycles. The first kappa shape index (κ1) is 17.0. The van der Waals surface area contributed by atoms with Crippen molar-refractivity contribution in [3.05, 3.63) is 84.0 Å². The fourth-order valence-corrected chi connectivity index (χ4v) is 2.94. The van der Waals surface area contributed by atoms with E-state index in [-0.39, 0.29) is 5.91 Å². The first-order valence-corrected chi connectivity index (χ1v) is 8.84. The molecule has 5 nitrogen and oxygen atoms in total. The van der Waals surface area contributed by atoms with Crippen molar-refractivity contribution in [3.8, 4) is 11.5 Å². The maximum absolute atomic E-state index is 12.5. The summed E-state index contributed by atoms with van der Waals surface area (Å²) in [4.78, 5) is 21.2. The van der Waals surface area contributed by atoms with E-state index in [1.54, 1.807) is 12.5 Å². The van der Waals surface area contributed by atoms with Gasteiger partial charge in [0.15, 0.2) is 0 Å². The molecule has 4 aromatic rings. The lowest BCUT2D eigenvalue weighted by Gasteiger charge is -2.06. The van der Waals surface area contributed by atoms with Gasteiger partial charge in [0.1, 0.15) is 12.0 Å². The van der Waals surface area contributed by atoms with Gasteiger partial charge in [-0.1, -0.05) is 42.0 Å². The monoisotopic (exact) mass is 357 g/mol. The van der Waals surface area contributed by atoms with Gasteiger partial charge in [0.2, 0.25) is 5.89 Å². The summed E-state index contributed by atoms with van der Waals surface area (Å²) in [5.74, 6) is 0.404. The maximum Gasteiger partial charge on any atom is 0.270 e. The molecule has 4 rings (SSSR count). The lowest BCUT2D eigenvalue weighted by molar-refractivity contribution is 0.0951. The number of pyridine rings is 1. The highest BCUT2D eigenvalue weighted by Gasteiger charge is 2.12. The van der Waals surface area contributed by atoms with Crippen molar-refractivity contribution in [3.63, 3.8) is 0 Å². The Morgan fingerprint density at radius 2 is 1.89 bits per heavy atom. The van der Waals surface area contributed by atoms with Crippen LogP contribution in [0.15, 0.2) is 71.5 Å². The zero-order chi connectivity index (χ0) is 18.6. The minimum absolute atomic E-state index is 0.186. The molecular formula is C22H19N3O2. The Kier molecular flexibility index (Phi) is 4.66. The number of aromatic nitrogens is 2. The Balaban J connectivity index is 1.40. The highest BCUT2D eigenvalue weighted by molar-refractivity contribution is 6.05. The summed E-state index contributed by atoms with van der Waals surface area (Å²) >= 11 is 0. The van der Waals surface area contributed by atoms with Crippen LogP contribution in [0.3, 0.4) is 0 Å². The summed E-state index contributed by atoms with van der Waals surface area (Å²) in [6.07, 6.45) is 3.88. The third-order valence-electron chi connectivity index (χ3n) is 4.41. The van der Waals surface area contributed by atoms with Crippen LogP contribution in [0, 0.1) is 6.92 Å². The third-order valence-corrected chi connectivity index (χ3v) is 4.41. The number of nitrogens with one attached hydrogen (secondary N) is 1. The number of hydrogen-bond acceptors (Lipinski definition) is 4. The van der Waals surface area contributed by atoms with Crippen molar-refractivity contribution in [2.24, 2.45) is 0 Å². The van der Waals surface area contributed by atoms with E-state index in [1.807, 2.05) is 61.5 Å². The van der Waals surface area contributed by atoms with Crippen LogP contribution in [-0.4, -0.2) is 22.4 Å². The molecule has 0 aliphatic rings. The number of carbonyl (C=O) groups is 1. The minimum Gasteiger partial charge on any atom is -0.444 e. The maximum atomic E-state index is 12.5. The number of hydrogen-bond donors (Lipinski definition) is 1. The summed E-state index contributed by atoms with van der Waals surface area (Å²) in [5.41, 5.74) is 3.37. The van der Waals surface area contributed by atoms with Gasteiger partial charge in [0.05, 0.1) is 5.69 Å². The normalized spacial score (nSPS) is 10.9. The summed E-state index contributed by atoms with van der Waals surface area (Å²) < 4.78 is 5.55. The molecule has 0 bridgehead atoms. The zero-order valence-corrected chi connectivity index (χ0v) is 15.0. The fraction of sp³-hybridized carbons (Fsp3) is 0.136. The van der Waals surface area contributed by atoms with Crippen LogP contribution in [0.5, 0.6) is 0 Å². The van der Waals surface area contributed by atoms with E-state index < -0.39 is 0 Å². The number of carbonyl (C=O) groups excluding carboxylic acids is 1. The number of amides is 1. The second-order valence-corrected chi connectivity index (χ2v) is 6.40. The second-order valence-electron chi connectivity index (χ2n) is 6.40. The van der Waals surface area contributed by atoms with Crippen LogP contribution < -0.4 is 5.32 Å². The topological polar surface area (TPSA) is 68.0 Å². The molecule has 27 heavy (non-hydrogen) atoms. The molecule has 0 spiro atoms. The average Bonchev–Trinajstić information content (AvgIpc) is 3.17. The van der Waals surface area contributed by atoms with Crippen LogP contribution in [0.25, 0.3) is 22.2 Å². The van der Waals surface area contributed by atoms with Crippen molar-refractivity contribution < 1.29 is 9.21 Å². The molecule has 0 fully saturated rings.